The van der Waals surface area contributed by atoms with E-state index in [-0.39, 0.29) is 11.7 Å². The molecule has 2 N–H and O–H groups in total. The van der Waals surface area contributed by atoms with Gasteiger partial charge in [-0.1, -0.05) is 22.0 Å². The van der Waals surface area contributed by atoms with Crippen molar-refractivity contribution >= 4 is 50.1 Å². The van der Waals surface area contributed by atoms with Crippen LogP contribution in [0.1, 0.15) is 15.9 Å². The van der Waals surface area contributed by atoms with E-state index in [4.69, 9.17) is 0 Å². The summed E-state index contributed by atoms with van der Waals surface area (Å²) >= 11 is 5.47. The van der Waals surface area contributed by atoms with Gasteiger partial charge in [-0.25, -0.2) is 0 Å². The maximum Gasteiger partial charge on any atom is 0.256 e. The number of anilines is 1. The number of phenols is 1. The zero-order chi connectivity index (χ0) is 14.0. The van der Waals surface area contributed by atoms with Crippen molar-refractivity contribution in [2.75, 3.05) is 5.32 Å². The molecular weight excluding hydrogens is 421 g/mol. The van der Waals surface area contributed by atoms with Crippen LogP contribution in [0.15, 0.2) is 40.9 Å². The molecule has 5 heteroatoms. The summed E-state index contributed by atoms with van der Waals surface area (Å²) in [5.41, 5.74) is 1.86. The number of amides is 1. The van der Waals surface area contributed by atoms with Crippen molar-refractivity contribution in [3.63, 3.8) is 0 Å². The number of hydrogen-bond donors (Lipinski definition) is 2. The molecule has 2 aromatic rings. The molecule has 0 aliphatic carbocycles. The number of halogens is 2. The van der Waals surface area contributed by atoms with Crippen molar-refractivity contribution in [2.45, 2.75) is 6.92 Å². The van der Waals surface area contributed by atoms with Crippen LogP contribution in [0.5, 0.6) is 5.75 Å². The van der Waals surface area contributed by atoms with Gasteiger partial charge in [-0.2, -0.15) is 0 Å². The summed E-state index contributed by atoms with van der Waals surface area (Å²) in [7, 11) is 0. The Morgan fingerprint density at radius 2 is 2.05 bits per heavy atom. The molecule has 2 aromatic carbocycles. The quantitative estimate of drug-likeness (QED) is 0.695. The Balaban J connectivity index is 2.31. The van der Waals surface area contributed by atoms with Crippen molar-refractivity contribution < 1.29 is 9.90 Å². The third-order valence-corrected chi connectivity index (χ3v) is 4.16. The topological polar surface area (TPSA) is 49.3 Å². The van der Waals surface area contributed by atoms with Crippen LogP contribution in [0.25, 0.3) is 0 Å². The van der Waals surface area contributed by atoms with Crippen molar-refractivity contribution in [2.24, 2.45) is 0 Å². The summed E-state index contributed by atoms with van der Waals surface area (Å²) in [5, 5.41) is 12.4. The standard InChI is InChI=1S/C14H11BrINO2/c1-8-12(3-2-4-13(8)18)17-14(19)10-7-9(15)5-6-11(10)16/h2-7,18H,1H3,(H,17,19). The van der Waals surface area contributed by atoms with Gasteiger partial charge in [0.2, 0.25) is 0 Å². The maximum absolute atomic E-state index is 12.2. The second-order valence-corrected chi connectivity index (χ2v) is 6.11. The van der Waals surface area contributed by atoms with Crippen molar-refractivity contribution in [1.29, 1.82) is 0 Å². The molecule has 0 saturated carbocycles. The molecule has 0 heterocycles. The number of benzene rings is 2. The molecule has 19 heavy (non-hydrogen) atoms. The first-order chi connectivity index (χ1) is 8.99. The van der Waals surface area contributed by atoms with Gasteiger partial charge in [0, 0.05) is 19.3 Å². The van der Waals surface area contributed by atoms with Crippen molar-refractivity contribution in [3.05, 3.63) is 55.6 Å². The SMILES string of the molecule is Cc1c(O)cccc1NC(=O)c1cc(Br)ccc1I. The summed E-state index contributed by atoms with van der Waals surface area (Å²) in [5.74, 6) is -0.0267. The Labute approximate surface area is 133 Å². The average molecular weight is 432 g/mol. The molecule has 0 aliphatic heterocycles. The summed E-state index contributed by atoms with van der Waals surface area (Å²) in [4.78, 5) is 12.2. The lowest BCUT2D eigenvalue weighted by molar-refractivity contribution is 0.102. The number of hydrogen-bond acceptors (Lipinski definition) is 2. The molecule has 0 spiro atoms. The van der Waals surface area contributed by atoms with Crippen LogP contribution in [0, 0.1) is 10.5 Å². The summed E-state index contributed by atoms with van der Waals surface area (Å²) in [6, 6.07) is 10.6. The number of nitrogens with one attached hydrogen (secondary N) is 1. The van der Waals surface area contributed by atoms with E-state index in [1.807, 2.05) is 12.1 Å². The van der Waals surface area contributed by atoms with Crippen LogP contribution in [0.2, 0.25) is 0 Å². The van der Waals surface area contributed by atoms with Crippen LogP contribution < -0.4 is 5.32 Å². The number of carbonyl (C=O) groups excluding carboxylic acids is 1. The zero-order valence-corrected chi connectivity index (χ0v) is 13.8. The minimum atomic E-state index is -0.195. The van der Waals surface area contributed by atoms with E-state index in [1.54, 1.807) is 31.2 Å². The van der Waals surface area contributed by atoms with Gasteiger partial charge in [0.15, 0.2) is 0 Å². The van der Waals surface area contributed by atoms with Crippen LogP contribution in [-0.2, 0) is 0 Å². The molecule has 0 aromatic heterocycles. The fourth-order valence-corrected chi connectivity index (χ4v) is 2.56. The van der Waals surface area contributed by atoms with E-state index < -0.39 is 0 Å². The minimum absolute atomic E-state index is 0.168. The van der Waals surface area contributed by atoms with E-state index in [0.717, 1.165) is 8.04 Å². The zero-order valence-electron chi connectivity index (χ0n) is 10.1. The van der Waals surface area contributed by atoms with Gasteiger partial charge in [-0.3, -0.25) is 4.79 Å². The number of aromatic hydroxyl groups is 1. The summed E-state index contributed by atoms with van der Waals surface area (Å²) in [6.45, 7) is 1.76. The van der Waals surface area contributed by atoms with Gasteiger partial charge < -0.3 is 10.4 Å². The first-order valence-electron chi connectivity index (χ1n) is 5.54. The monoisotopic (exact) mass is 431 g/mol. The first-order valence-corrected chi connectivity index (χ1v) is 7.41. The fourth-order valence-electron chi connectivity index (χ4n) is 1.62. The molecule has 0 aliphatic rings. The lowest BCUT2D eigenvalue weighted by atomic mass is 10.1. The van der Waals surface area contributed by atoms with Gasteiger partial charge in [0.1, 0.15) is 5.75 Å². The van der Waals surface area contributed by atoms with Gasteiger partial charge in [-0.15, -0.1) is 0 Å². The molecular formula is C14H11BrINO2. The van der Waals surface area contributed by atoms with Gasteiger partial charge >= 0.3 is 0 Å². The molecule has 0 saturated heterocycles. The van der Waals surface area contributed by atoms with Crippen molar-refractivity contribution in [3.8, 4) is 5.75 Å². The minimum Gasteiger partial charge on any atom is -0.508 e. The highest BCUT2D eigenvalue weighted by Crippen LogP contribution is 2.25. The average Bonchev–Trinajstić information content (AvgIpc) is 2.38. The van der Waals surface area contributed by atoms with E-state index >= 15 is 0 Å². The Morgan fingerprint density at radius 3 is 2.79 bits per heavy atom. The molecule has 0 radical (unpaired) electrons. The first kappa shape index (κ1) is 14.3. The second kappa shape index (κ2) is 5.92. The van der Waals surface area contributed by atoms with E-state index in [0.29, 0.717) is 16.8 Å². The third-order valence-electron chi connectivity index (χ3n) is 2.73. The Kier molecular flexibility index (Phi) is 4.46. The smallest absolute Gasteiger partial charge is 0.256 e. The third kappa shape index (κ3) is 3.27. The number of carbonyl (C=O) groups is 1. The number of phenolic OH excluding ortho intramolecular Hbond substituents is 1. The highest BCUT2D eigenvalue weighted by atomic mass is 127. The molecule has 3 nitrogen and oxygen atoms in total. The van der Waals surface area contributed by atoms with Crippen molar-refractivity contribution in [1.82, 2.24) is 0 Å². The van der Waals surface area contributed by atoms with Crippen LogP contribution in [-0.4, -0.2) is 11.0 Å². The van der Waals surface area contributed by atoms with E-state index in [2.05, 4.69) is 43.8 Å². The van der Waals surface area contributed by atoms with Crippen LogP contribution in [0.3, 0.4) is 0 Å². The Hall–Kier alpha value is -1.08. The molecule has 1 amide bonds. The Morgan fingerprint density at radius 1 is 1.32 bits per heavy atom. The van der Waals surface area contributed by atoms with E-state index in [9.17, 15) is 9.90 Å². The van der Waals surface area contributed by atoms with Gasteiger partial charge in [0.05, 0.1) is 5.56 Å². The predicted molar refractivity (Wildman–Crippen MR) is 87.7 cm³/mol. The normalized spacial score (nSPS) is 10.3. The summed E-state index contributed by atoms with van der Waals surface area (Å²) in [6.07, 6.45) is 0. The highest BCUT2D eigenvalue weighted by Gasteiger charge is 2.12. The molecule has 0 atom stereocenters. The second-order valence-electron chi connectivity index (χ2n) is 4.03. The fraction of sp³-hybridized carbons (Fsp3) is 0.0714. The lowest BCUT2D eigenvalue weighted by Crippen LogP contribution is -2.14. The molecule has 0 fully saturated rings. The largest absolute Gasteiger partial charge is 0.508 e. The predicted octanol–water partition coefficient (Wildman–Crippen LogP) is 4.32. The van der Waals surface area contributed by atoms with E-state index in [1.165, 1.54) is 0 Å². The van der Waals surface area contributed by atoms with Crippen LogP contribution >= 0.6 is 38.5 Å². The van der Waals surface area contributed by atoms with Gasteiger partial charge in [0.25, 0.3) is 5.91 Å². The maximum atomic E-state index is 12.2. The molecule has 0 bridgehead atoms. The molecule has 0 unspecified atom stereocenters. The van der Waals surface area contributed by atoms with Crippen LogP contribution in [0.4, 0.5) is 5.69 Å². The highest BCUT2D eigenvalue weighted by molar-refractivity contribution is 14.1. The molecule has 98 valence electrons. The number of rotatable bonds is 2. The lowest BCUT2D eigenvalue weighted by Gasteiger charge is -2.10. The van der Waals surface area contributed by atoms with Gasteiger partial charge in [-0.05, 0) is 59.8 Å². The molecule has 2 rings (SSSR count). The summed E-state index contributed by atoms with van der Waals surface area (Å²) < 4.78 is 1.72. The Bertz CT molecular complexity index is 643.